The van der Waals surface area contributed by atoms with Gasteiger partial charge in [-0.3, -0.25) is 4.79 Å². The molecule has 1 heterocycles. The molecule has 2 aliphatic rings. The Bertz CT molecular complexity index is 865. The van der Waals surface area contributed by atoms with Gasteiger partial charge in [0.05, 0.1) is 5.56 Å². The molecule has 0 radical (unpaired) electrons. The van der Waals surface area contributed by atoms with Crippen molar-refractivity contribution in [3.05, 3.63) is 58.4 Å². The summed E-state index contributed by atoms with van der Waals surface area (Å²) in [6.07, 6.45) is 7.28. The van der Waals surface area contributed by atoms with Crippen molar-refractivity contribution in [3.63, 3.8) is 0 Å². The molecule has 1 atom stereocenters. The van der Waals surface area contributed by atoms with Gasteiger partial charge < -0.3 is 10.6 Å². The number of hydrogen-bond donors (Lipinski definition) is 1. The van der Waals surface area contributed by atoms with Gasteiger partial charge in [-0.25, -0.2) is 4.39 Å². The summed E-state index contributed by atoms with van der Waals surface area (Å²) in [6.45, 7) is 6.86. The van der Waals surface area contributed by atoms with Crippen molar-refractivity contribution >= 4 is 5.91 Å². The number of carbonyl (C=O) groups is 1. The molecule has 3 nitrogen and oxygen atoms in total. The number of likely N-dealkylation sites (tertiary alicyclic amines) is 1. The van der Waals surface area contributed by atoms with Gasteiger partial charge in [0.2, 0.25) is 0 Å². The summed E-state index contributed by atoms with van der Waals surface area (Å²) in [5, 5.41) is 0. The molecule has 1 aliphatic carbocycles. The van der Waals surface area contributed by atoms with Crippen LogP contribution in [-0.2, 0) is 0 Å². The fraction of sp³-hybridized carbons (Fsp3) is 0.435. The zero-order valence-corrected chi connectivity index (χ0v) is 16.3. The van der Waals surface area contributed by atoms with Crippen LogP contribution < -0.4 is 5.73 Å². The largest absolute Gasteiger partial charge is 0.330 e. The fourth-order valence-corrected chi connectivity index (χ4v) is 3.45. The van der Waals surface area contributed by atoms with Crippen LogP contribution in [0.3, 0.4) is 0 Å². The maximum atomic E-state index is 14.5. The van der Waals surface area contributed by atoms with Crippen LogP contribution in [0.5, 0.6) is 0 Å². The summed E-state index contributed by atoms with van der Waals surface area (Å²) >= 11 is 0. The third-order valence-electron chi connectivity index (χ3n) is 4.92. The van der Waals surface area contributed by atoms with Crippen molar-refractivity contribution in [2.24, 2.45) is 11.1 Å². The molecule has 2 N–H and O–H groups in total. The van der Waals surface area contributed by atoms with E-state index in [1.165, 1.54) is 17.2 Å². The Labute approximate surface area is 161 Å². The van der Waals surface area contributed by atoms with Gasteiger partial charge in [-0.05, 0) is 69.4 Å². The molecule has 1 fully saturated rings. The average molecular weight is 366 g/mol. The number of allylic oxidation sites excluding steroid dienone is 2. The highest BCUT2D eigenvalue weighted by molar-refractivity contribution is 5.95. The Morgan fingerprint density at radius 1 is 1.26 bits per heavy atom. The Morgan fingerprint density at radius 3 is 2.59 bits per heavy atom. The molecule has 27 heavy (non-hydrogen) atoms. The number of hydrogen-bond acceptors (Lipinski definition) is 2. The Hall–Kier alpha value is -2.38. The van der Waals surface area contributed by atoms with Gasteiger partial charge in [0.25, 0.3) is 5.91 Å². The van der Waals surface area contributed by atoms with Gasteiger partial charge in [0.15, 0.2) is 0 Å². The Kier molecular flexibility index (Phi) is 5.53. The van der Waals surface area contributed by atoms with E-state index in [0.717, 1.165) is 19.3 Å². The van der Waals surface area contributed by atoms with E-state index in [0.29, 0.717) is 24.2 Å². The molecule has 0 spiro atoms. The SMILES string of the molecule is CC(C)(C)C#Cc1ccc(C(=O)N2CC3=CCCC=C3CC2CN)cc1F. The Balaban J connectivity index is 1.84. The smallest absolute Gasteiger partial charge is 0.254 e. The van der Waals surface area contributed by atoms with Crippen molar-refractivity contribution in [1.82, 2.24) is 4.90 Å². The second-order valence-corrected chi connectivity index (χ2v) is 8.26. The zero-order chi connectivity index (χ0) is 19.6. The molecule has 142 valence electrons. The first-order valence-corrected chi connectivity index (χ1v) is 9.50. The number of fused-ring (bicyclic) bond motifs is 1. The van der Waals surface area contributed by atoms with Crippen LogP contribution in [-0.4, -0.2) is 29.9 Å². The zero-order valence-electron chi connectivity index (χ0n) is 16.3. The van der Waals surface area contributed by atoms with E-state index >= 15 is 0 Å². The van der Waals surface area contributed by atoms with Crippen molar-refractivity contribution in [3.8, 4) is 11.8 Å². The first-order chi connectivity index (χ1) is 12.8. The van der Waals surface area contributed by atoms with Crippen molar-refractivity contribution < 1.29 is 9.18 Å². The molecule has 1 aliphatic heterocycles. The van der Waals surface area contributed by atoms with Crippen molar-refractivity contribution in [1.29, 1.82) is 0 Å². The summed E-state index contributed by atoms with van der Waals surface area (Å²) in [6, 6.07) is 4.49. The van der Waals surface area contributed by atoms with Gasteiger partial charge in [0, 0.05) is 30.1 Å². The van der Waals surface area contributed by atoms with Gasteiger partial charge >= 0.3 is 0 Å². The third-order valence-corrected chi connectivity index (χ3v) is 4.92. The van der Waals surface area contributed by atoms with E-state index in [4.69, 9.17) is 5.73 Å². The molecule has 3 rings (SSSR count). The highest BCUT2D eigenvalue weighted by atomic mass is 19.1. The second kappa shape index (κ2) is 7.70. The lowest BCUT2D eigenvalue weighted by atomic mass is 9.87. The van der Waals surface area contributed by atoms with Crippen LogP contribution in [0.2, 0.25) is 0 Å². The van der Waals surface area contributed by atoms with E-state index < -0.39 is 5.82 Å². The Morgan fingerprint density at radius 2 is 1.96 bits per heavy atom. The molecule has 1 aromatic carbocycles. The van der Waals surface area contributed by atoms with Gasteiger partial charge in [0.1, 0.15) is 5.82 Å². The molecular weight excluding hydrogens is 339 g/mol. The van der Waals surface area contributed by atoms with Crippen LogP contribution in [0.4, 0.5) is 4.39 Å². The number of benzene rings is 1. The second-order valence-electron chi connectivity index (χ2n) is 8.26. The van der Waals surface area contributed by atoms with Crippen LogP contribution in [0.15, 0.2) is 41.5 Å². The molecule has 0 saturated carbocycles. The van der Waals surface area contributed by atoms with Crippen molar-refractivity contribution in [2.75, 3.05) is 13.1 Å². The number of halogens is 1. The normalized spacial score (nSPS) is 19.4. The maximum absolute atomic E-state index is 14.5. The number of nitrogens with zero attached hydrogens (tertiary/aromatic N) is 1. The van der Waals surface area contributed by atoms with Gasteiger partial charge in [-0.15, -0.1) is 0 Å². The third kappa shape index (κ3) is 4.48. The summed E-state index contributed by atoms with van der Waals surface area (Å²) < 4.78 is 14.5. The first-order valence-electron chi connectivity index (χ1n) is 9.50. The van der Waals surface area contributed by atoms with Crippen molar-refractivity contribution in [2.45, 2.75) is 46.1 Å². The van der Waals surface area contributed by atoms with Crippen LogP contribution in [0, 0.1) is 23.1 Å². The minimum Gasteiger partial charge on any atom is -0.330 e. The van der Waals surface area contributed by atoms with E-state index in [-0.39, 0.29) is 17.4 Å². The van der Waals surface area contributed by atoms with Gasteiger partial charge in [-0.2, -0.15) is 0 Å². The lowest BCUT2D eigenvalue weighted by molar-refractivity contribution is 0.0686. The minimum absolute atomic E-state index is 0.0533. The topological polar surface area (TPSA) is 46.3 Å². The summed E-state index contributed by atoms with van der Waals surface area (Å²) in [5.41, 5.74) is 8.89. The number of amides is 1. The molecule has 4 heteroatoms. The standard InChI is InChI=1S/C23H27FN2O/c1-23(2,3)11-10-16-8-9-18(13-21(16)24)22(27)26-15-19-7-5-4-6-17(19)12-20(26)14-25/h6-9,13,20H,4-5,12,14-15,25H2,1-3H3. The highest BCUT2D eigenvalue weighted by Crippen LogP contribution is 2.31. The lowest BCUT2D eigenvalue weighted by Crippen LogP contribution is -2.49. The predicted octanol–water partition coefficient (Wildman–Crippen LogP) is 4.04. The molecule has 1 amide bonds. The maximum Gasteiger partial charge on any atom is 0.254 e. The van der Waals surface area contributed by atoms with E-state index in [2.05, 4.69) is 24.0 Å². The van der Waals surface area contributed by atoms with Gasteiger partial charge in [-0.1, -0.05) is 24.0 Å². The number of rotatable bonds is 2. The van der Waals surface area contributed by atoms with Crippen LogP contribution in [0.25, 0.3) is 0 Å². The molecule has 1 aromatic rings. The lowest BCUT2D eigenvalue weighted by Gasteiger charge is -2.39. The van der Waals surface area contributed by atoms with E-state index in [9.17, 15) is 9.18 Å². The van der Waals surface area contributed by atoms with E-state index in [1.54, 1.807) is 17.0 Å². The fourth-order valence-electron chi connectivity index (χ4n) is 3.45. The molecule has 1 unspecified atom stereocenters. The molecule has 0 aromatic heterocycles. The first kappa shape index (κ1) is 19.4. The average Bonchev–Trinajstić information content (AvgIpc) is 2.64. The molecular formula is C23H27FN2O. The molecule has 0 bridgehead atoms. The summed E-state index contributed by atoms with van der Waals surface area (Å²) in [5.74, 6) is 5.25. The number of carbonyl (C=O) groups excluding carboxylic acids is 1. The van der Waals surface area contributed by atoms with E-state index in [1.807, 2.05) is 20.8 Å². The van der Waals surface area contributed by atoms with Crippen LogP contribution in [0.1, 0.15) is 56.0 Å². The predicted molar refractivity (Wildman–Crippen MR) is 107 cm³/mol. The highest BCUT2D eigenvalue weighted by Gasteiger charge is 2.31. The monoisotopic (exact) mass is 366 g/mol. The number of piperidine rings is 1. The molecule has 1 saturated heterocycles. The summed E-state index contributed by atoms with van der Waals surface area (Å²) in [4.78, 5) is 14.8. The minimum atomic E-state index is -0.462. The van der Waals surface area contributed by atoms with Crippen LogP contribution >= 0.6 is 0 Å². The number of nitrogens with two attached hydrogens (primary N) is 1. The quantitative estimate of drug-likeness (QED) is 0.803. The summed E-state index contributed by atoms with van der Waals surface area (Å²) in [7, 11) is 0.